The van der Waals surface area contributed by atoms with Gasteiger partial charge in [0.15, 0.2) is 11.5 Å². The molecule has 2 N–H and O–H groups in total. The molecule has 0 saturated carbocycles. The van der Waals surface area contributed by atoms with Gasteiger partial charge < -0.3 is 15.2 Å². The molecular weight excluding hydrogens is 269 g/mol. The van der Waals surface area contributed by atoms with Crippen LogP contribution in [-0.4, -0.2) is 11.7 Å². The third-order valence-electron chi connectivity index (χ3n) is 3.31. The van der Waals surface area contributed by atoms with E-state index in [4.69, 9.17) is 4.74 Å². The Morgan fingerprint density at radius 2 is 1.90 bits per heavy atom. The third-order valence-corrected chi connectivity index (χ3v) is 3.31. The summed E-state index contributed by atoms with van der Waals surface area (Å²) in [6, 6.07) is 11.9. The first-order valence-corrected chi connectivity index (χ1v) is 7.03. The number of hydrogen-bond acceptors (Lipinski definition) is 3. The fourth-order valence-corrected chi connectivity index (χ4v) is 2.08. The monoisotopic (exact) mass is 289 g/mol. The van der Waals surface area contributed by atoms with Gasteiger partial charge in [-0.3, -0.25) is 0 Å². The number of aromatic hydroxyl groups is 1. The lowest BCUT2D eigenvalue weighted by molar-refractivity contribution is 0.317. The highest BCUT2D eigenvalue weighted by atomic mass is 19.1. The smallest absolute Gasteiger partial charge is 0.161 e. The second kappa shape index (κ2) is 7.09. The molecule has 21 heavy (non-hydrogen) atoms. The quantitative estimate of drug-likeness (QED) is 0.850. The molecule has 0 bridgehead atoms. The van der Waals surface area contributed by atoms with Crippen LogP contribution in [0.3, 0.4) is 0 Å². The lowest BCUT2D eigenvalue weighted by Gasteiger charge is -2.15. The van der Waals surface area contributed by atoms with Crippen LogP contribution in [0.4, 0.5) is 4.39 Å². The summed E-state index contributed by atoms with van der Waals surface area (Å²) in [5.41, 5.74) is 2.05. The summed E-state index contributed by atoms with van der Waals surface area (Å²) in [5.74, 6) is 0.407. The largest absolute Gasteiger partial charge is 0.504 e. The maximum atomic E-state index is 12.9. The van der Waals surface area contributed by atoms with Crippen molar-refractivity contribution in [3.8, 4) is 11.5 Å². The van der Waals surface area contributed by atoms with Crippen LogP contribution in [0.1, 0.15) is 31.0 Å². The fourth-order valence-electron chi connectivity index (χ4n) is 2.08. The molecule has 0 saturated heterocycles. The number of phenolic OH excluding ortho intramolecular Hbond substituents is 1. The highest BCUT2D eigenvalue weighted by molar-refractivity contribution is 5.41. The van der Waals surface area contributed by atoms with Crippen molar-refractivity contribution in [2.24, 2.45) is 0 Å². The van der Waals surface area contributed by atoms with Crippen LogP contribution in [0.2, 0.25) is 0 Å². The molecule has 112 valence electrons. The van der Waals surface area contributed by atoms with Gasteiger partial charge in [0.2, 0.25) is 0 Å². The first-order valence-electron chi connectivity index (χ1n) is 7.03. The van der Waals surface area contributed by atoms with Crippen LogP contribution in [-0.2, 0) is 6.54 Å². The number of nitrogens with one attached hydrogen (secondary N) is 1. The molecule has 2 aromatic carbocycles. The zero-order valence-corrected chi connectivity index (χ0v) is 12.3. The lowest BCUT2D eigenvalue weighted by atomic mass is 10.1. The summed E-state index contributed by atoms with van der Waals surface area (Å²) in [7, 11) is 0. The summed E-state index contributed by atoms with van der Waals surface area (Å²) >= 11 is 0. The highest BCUT2D eigenvalue weighted by Gasteiger charge is 2.07. The van der Waals surface area contributed by atoms with E-state index >= 15 is 0 Å². The standard InChI is InChI=1S/C17H20FNO2/c1-3-21-17-10-13(4-9-16(17)20)11-19-12(2)14-5-7-15(18)8-6-14/h4-10,12,19-20H,3,11H2,1-2H3. The van der Waals surface area contributed by atoms with Crippen molar-refractivity contribution in [3.05, 3.63) is 59.4 Å². The van der Waals surface area contributed by atoms with Gasteiger partial charge >= 0.3 is 0 Å². The first-order chi connectivity index (χ1) is 10.1. The molecule has 4 heteroatoms. The number of halogens is 1. The van der Waals surface area contributed by atoms with Crippen molar-refractivity contribution in [1.82, 2.24) is 5.32 Å². The van der Waals surface area contributed by atoms with Crippen molar-refractivity contribution in [1.29, 1.82) is 0 Å². The highest BCUT2D eigenvalue weighted by Crippen LogP contribution is 2.27. The Balaban J connectivity index is 1.99. The normalized spacial score (nSPS) is 12.1. The van der Waals surface area contributed by atoms with Crippen LogP contribution in [0.5, 0.6) is 11.5 Å². The zero-order chi connectivity index (χ0) is 15.2. The van der Waals surface area contributed by atoms with Crippen molar-refractivity contribution >= 4 is 0 Å². The summed E-state index contributed by atoms with van der Waals surface area (Å²) < 4.78 is 18.3. The van der Waals surface area contributed by atoms with Crippen LogP contribution >= 0.6 is 0 Å². The Bertz CT molecular complexity index is 584. The number of hydrogen-bond donors (Lipinski definition) is 2. The van der Waals surface area contributed by atoms with Gasteiger partial charge in [-0.15, -0.1) is 0 Å². The molecule has 0 amide bonds. The van der Waals surface area contributed by atoms with E-state index in [1.165, 1.54) is 12.1 Å². The van der Waals surface area contributed by atoms with Crippen molar-refractivity contribution in [3.63, 3.8) is 0 Å². The Morgan fingerprint density at radius 1 is 1.19 bits per heavy atom. The molecule has 2 rings (SSSR count). The van der Waals surface area contributed by atoms with Crippen LogP contribution < -0.4 is 10.1 Å². The molecule has 3 nitrogen and oxygen atoms in total. The van der Waals surface area contributed by atoms with Gasteiger partial charge in [-0.05, 0) is 49.2 Å². The molecule has 0 heterocycles. The van der Waals surface area contributed by atoms with Gasteiger partial charge in [0.05, 0.1) is 6.61 Å². The first kappa shape index (κ1) is 15.3. The lowest BCUT2D eigenvalue weighted by Crippen LogP contribution is -2.18. The minimum Gasteiger partial charge on any atom is -0.504 e. The third kappa shape index (κ3) is 4.20. The van der Waals surface area contributed by atoms with Gasteiger partial charge in [0, 0.05) is 12.6 Å². The average molecular weight is 289 g/mol. The van der Waals surface area contributed by atoms with E-state index in [0.717, 1.165) is 11.1 Å². The molecule has 1 unspecified atom stereocenters. The number of benzene rings is 2. The topological polar surface area (TPSA) is 41.5 Å². The summed E-state index contributed by atoms with van der Waals surface area (Å²) in [6.07, 6.45) is 0. The molecule has 0 fully saturated rings. The van der Waals surface area contributed by atoms with Crippen molar-refractivity contribution < 1.29 is 14.2 Å². The SMILES string of the molecule is CCOc1cc(CNC(C)c2ccc(F)cc2)ccc1O. The molecule has 0 aliphatic heterocycles. The fraction of sp³-hybridized carbons (Fsp3) is 0.294. The van der Waals surface area contributed by atoms with Crippen LogP contribution in [0, 0.1) is 5.82 Å². The van der Waals surface area contributed by atoms with E-state index < -0.39 is 0 Å². The molecule has 0 spiro atoms. The molecule has 0 aliphatic rings. The summed E-state index contributed by atoms with van der Waals surface area (Å²) in [5, 5.41) is 13.0. The maximum absolute atomic E-state index is 12.9. The van der Waals surface area contributed by atoms with Crippen LogP contribution in [0.15, 0.2) is 42.5 Å². The van der Waals surface area contributed by atoms with E-state index in [0.29, 0.717) is 18.9 Å². The predicted octanol–water partition coefficient (Wildman–Crippen LogP) is 3.78. The summed E-state index contributed by atoms with van der Waals surface area (Å²) in [4.78, 5) is 0. The molecular formula is C17H20FNO2. The molecule has 2 aromatic rings. The van der Waals surface area contributed by atoms with E-state index in [9.17, 15) is 9.50 Å². The van der Waals surface area contributed by atoms with Gasteiger partial charge in [0.1, 0.15) is 5.82 Å². The van der Waals surface area contributed by atoms with Crippen molar-refractivity contribution in [2.75, 3.05) is 6.61 Å². The Hall–Kier alpha value is -2.07. The van der Waals surface area contributed by atoms with E-state index in [1.807, 2.05) is 26.0 Å². The average Bonchev–Trinajstić information content (AvgIpc) is 2.48. The van der Waals surface area contributed by atoms with Gasteiger partial charge in [0.25, 0.3) is 0 Å². The Morgan fingerprint density at radius 3 is 2.57 bits per heavy atom. The molecule has 0 radical (unpaired) electrons. The number of ether oxygens (including phenoxy) is 1. The van der Waals surface area contributed by atoms with E-state index in [-0.39, 0.29) is 17.6 Å². The van der Waals surface area contributed by atoms with Gasteiger partial charge in [-0.2, -0.15) is 0 Å². The Labute approximate surface area is 124 Å². The number of rotatable bonds is 6. The van der Waals surface area contributed by atoms with Gasteiger partial charge in [-0.25, -0.2) is 4.39 Å². The Kier molecular flexibility index (Phi) is 5.17. The van der Waals surface area contributed by atoms with E-state index in [1.54, 1.807) is 18.2 Å². The van der Waals surface area contributed by atoms with E-state index in [2.05, 4.69) is 5.32 Å². The second-order valence-electron chi connectivity index (χ2n) is 4.89. The summed E-state index contributed by atoms with van der Waals surface area (Å²) in [6.45, 7) is 5.05. The predicted molar refractivity (Wildman–Crippen MR) is 80.9 cm³/mol. The minimum atomic E-state index is -0.231. The second-order valence-corrected chi connectivity index (χ2v) is 4.89. The van der Waals surface area contributed by atoms with Crippen LogP contribution in [0.25, 0.3) is 0 Å². The molecule has 1 atom stereocenters. The van der Waals surface area contributed by atoms with Crippen molar-refractivity contribution in [2.45, 2.75) is 26.4 Å². The number of phenols is 1. The maximum Gasteiger partial charge on any atom is 0.161 e. The zero-order valence-electron chi connectivity index (χ0n) is 12.3. The molecule has 0 aliphatic carbocycles. The molecule has 0 aromatic heterocycles. The van der Waals surface area contributed by atoms with Gasteiger partial charge in [-0.1, -0.05) is 18.2 Å². The minimum absolute atomic E-state index is 0.106.